The van der Waals surface area contributed by atoms with Gasteiger partial charge in [0, 0.05) is 12.2 Å². The van der Waals surface area contributed by atoms with E-state index in [0.717, 1.165) is 23.4 Å². The van der Waals surface area contributed by atoms with Gasteiger partial charge < -0.3 is 10.6 Å². The van der Waals surface area contributed by atoms with Crippen molar-refractivity contribution in [1.82, 2.24) is 15.3 Å². The number of nitrogens with zero attached hydrogens (tertiary/aromatic N) is 2. The summed E-state index contributed by atoms with van der Waals surface area (Å²) in [5.74, 6) is 0.525. The van der Waals surface area contributed by atoms with E-state index in [1.165, 1.54) is 0 Å². The zero-order chi connectivity index (χ0) is 14.4. The van der Waals surface area contributed by atoms with Crippen molar-refractivity contribution in [1.29, 1.82) is 0 Å². The van der Waals surface area contributed by atoms with E-state index in [1.54, 1.807) is 17.5 Å². The van der Waals surface area contributed by atoms with Crippen molar-refractivity contribution in [3.63, 3.8) is 0 Å². The first-order valence-corrected chi connectivity index (χ1v) is 7.92. The van der Waals surface area contributed by atoms with Gasteiger partial charge in [-0.1, -0.05) is 19.4 Å². The molecule has 0 aliphatic carbocycles. The molecule has 6 heteroatoms. The summed E-state index contributed by atoms with van der Waals surface area (Å²) in [6.45, 7) is 4.27. The highest BCUT2D eigenvalue weighted by Crippen LogP contribution is 2.22. The first-order valence-electron chi connectivity index (χ1n) is 6.63. The SMILES string of the molecule is CCC[C@H](C)NC(=S)Nc1nccc(-c2cccs2)n1. The highest BCUT2D eigenvalue weighted by Gasteiger charge is 2.06. The number of thiocarbonyl (C=S) groups is 1. The zero-order valence-electron chi connectivity index (χ0n) is 11.6. The second-order valence-corrected chi connectivity index (χ2v) is 5.89. The Labute approximate surface area is 128 Å². The smallest absolute Gasteiger partial charge is 0.229 e. The van der Waals surface area contributed by atoms with Crippen molar-refractivity contribution in [2.45, 2.75) is 32.7 Å². The average molecular weight is 306 g/mol. The van der Waals surface area contributed by atoms with Crippen LogP contribution in [0.25, 0.3) is 10.6 Å². The van der Waals surface area contributed by atoms with E-state index >= 15 is 0 Å². The molecular weight excluding hydrogens is 288 g/mol. The van der Waals surface area contributed by atoms with Gasteiger partial charge >= 0.3 is 0 Å². The van der Waals surface area contributed by atoms with Gasteiger partial charge in [0.1, 0.15) is 0 Å². The summed E-state index contributed by atoms with van der Waals surface area (Å²) in [6.07, 6.45) is 3.95. The van der Waals surface area contributed by atoms with Crippen LogP contribution in [0.3, 0.4) is 0 Å². The van der Waals surface area contributed by atoms with E-state index < -0.39 is 0 Å². The number of nitrogens with one attached hydrogen (secondary N) is 2. The first kappa shape index (κ1) is 14.9. The molecule has 2 heterocycles. The summed E-state index contributed by atoms with van der Waals surface area (Å²) in [5.41, 5.74) is 0.905. The van der Waals surface area contributed by atoms with Crippen LogP contribution in [0.1, 0.15) is 26.7 Å². The number of hydrogen-bond acceptors (Lipinski definition) is 4. The molecule has 0 saturated carbocycles. The Morgan fingerprint density at radius 3 is 3.00 bits per heavy atom. The Morgan fingerprint density at radius 2 is 2.30 bits per heavy atom. The average Bonchev–Trinajstić information content (AvgIpc) is 2.92. The van der Waals surface area contributed by atoms with Gasteiger partial charge in [0.05, 0.1) is 10.6 Å². The van der Waals surface area contributed by atoms with E-state index in [-0.39, 0.29) is 0 Å². The van der Waals surface area contributed by atoms with Crippen LogP contribution in [0.4, 0.5) is 5.95 Å². The molecule has 0 spiro atoms. The maximum absolute atomic E-state index is 5.27. The van der Waals surface area contributed by atoms with Gasteiger partial charge in [0.2, 0.25) is 5.95 Å². The topological polar surface area (TPSA) is 49.8 Å². The third-order valence-electron chi connectivity index (χ3n) is 2.75. The fourth-order valence-corrected chi connectivity index (χ4v) is 2.83. The van der Waals surface area contributed by atoms with Crippen LogP contribution in [-0.4, -0.2) is 21.1 Å². The minimum Gasteiger partial charge on any atom is -0.360 e. The second-order valence-electron chi connectivity index (χ2n) is 4.53. The molecule has 2 rings (SSSR count). The van der Waals surface area contributed by atoms with E-state index in [1.807, 2.05) is 23.6 Å². The summed E-state index contributed by atoms with van der Waals surface area (Å²) < 4.78 is 0. The molecular formula is C14H18N4S2. The van der Waals surface area contributed by atoms with Gasteiger partial charge in [0.25, 0.3) is 0 Å². The first-order chi connectivity index (χ1) is 9.69. The Bertz CT molecular complexity index is 554. The highest BCUT2D eigenvalue weighted by atomic mass is 32.1. The normalized spacial score (nSPS) is 11.9. The zero-order valence-corrected chi connectivity index (χ0v) is 13.2. The van der Waals surface area contributed by atoms with Crippen LogP contribution in [0.2, 0.25) is 0 Å². The van der Waals surface area contributed by atoms with Gasteiger partial charge in [-0.2, -0.15) is 0 Å². The van der Waals surface area contributed by atoms with Gasteiger partial charge in [-0.05, 0) is 43.1 Å². The van der Waals surface area contributed by atoms with Crippen LogP contribution < -0.4 is 10.6 Å². The molecule has 2 N–H and O–H groups in total. The summed E-state index contributed by atoms with van der Waals surface area (Å²) in [5, 5.41) is 8.86. The molecule has 0 saturated heterocycles. The van der Waals surface area contributed by atoms with Crippen molar-refractivity contribution in [2.75, 3.05) is 5.32 Å². The van der Waals surface area contributed by atoms with E-state index in [9.17, 15) is 0 Å². The number of rotatable bonds is 5. The van der Waals surface area contributed by atoms with Crippen molar-refractivity contribution in [3.8, 4) is 10.6 Å². The summed E-state index contributed by atoms with van der Waals surface area (Å²) in [4.78, 5) is 9.79. The van der Waals surface area contributed by atoms with Crippen LogP contribution in [0.15, 0.2) is 29.8 Å². The summed E-state index contributed by atoms with van der Waals surface area (Å²) in [6, 6.07) is 6.29. The van der Waals surface area contributed by atoms with Crippen molar-refractivity contribution in [3.05, 3.63) is 29.8 Å². The minimum absolute atomic E-state index is 0.348. The summed E-state index contributed by atoms with van der Waals surface area (Å²) >= 11 is 6.92. The van der Waals surface area contributed by atoms with E-state index in [4.69, 9.17) is 12.2 Å². The summed E-state index contributed by atoms with van der Waals surface area (Å²) in [7, 11) is 0. The molecule has 1 atom stereocenters. The lowest BCUT2D eigenvalue weighted by Gasteiger charge is -2.15. The standard InChI is InChI=1S/C14H18N4S2/c1-3-5-10(2)16-14(19)18-13-15-8-7-11(17-13)12-6-4-9-20-12/h4,6-10H,3,5H2,1-2H3,(H2,15,16,17,18,19)/t10-/m0/s1. The molecule has 0 radical (unpaired) electrons. The van der Waals surface area contributed by atoms with Crippen LogP contribution >= 0.6 is 23.6 Å². The maximum atomic E-state index is 5.27. The predicted molar refractivity (Wildman–Crippen MR) is 89.1 cm³/mol. The molecule has 106 valence electrons. The molecule has 0 aliphatic heterocycles. The lowest BCUT2D eigenvalue weighted by Crippen LogP contribution is -2.36. The third-order valence-corrected chi connectivity index (χ3v) is 3.87. The highest BCUT2D eigenvalue weighted by molar-refractivity contribution is 7.80. The monoisotopic (exact) mass is 306 g/mol. The number of thiophene rings is 1. The van der Waals surface area contributed by atoms with Gasteiger partial charge in [-0.15, -0.1) is 11.3 Å². The lowest BCUT2D eigenvalue weighted by atomic mass is 10.2. The molecule has 2 aromatic heterocycles. The Kier molecular flexibility index (Phi) is 5.43. The molecule has 0 aromatic carbocycles. The van der Waals surface area contributed by atoms with Gasteiger partial charge in [-0.3, -0.25) is 0 Å². The molecule has 2 aromatic rings. The van der Waals surface area contributed by atoms with Crippen molar-refractivity contribution >= 4 is 34.6 Å². The van der Waals surface area contributed by atoms with Crippen molar-refractivity contribution < 1.29 is 0 Å². The number of hydrogen-bond donors (Lipinski definition) is 2. The Balaban J connectivity index is 1.99. The minimum atomic E-state index is 0.348. The largest absolute Gasteiger partial charge is 0.360 e. The molecule has 0 fully saturated rings. The van der Waals surface area contributed by atoms with E-state index in [0.29, 0.717) is 17.1 Å². The Morgan fingerprint density at radius 1 is 1.45 bits per heavy atom. The Hall–Kier alpha value is -1.53. The second kappa shape index (κ2) is 7.31. The van der Waals surface area contributed by atoms with Crippen molar-refractivity contribution in [2.24, 2.45) is 0 Å². The molecule has 0 amide bonds. The van der Waals surface area contributed by atoms with Crippen LogP contribution in [0, 0.1) is 0 Å². The molecule has 20 heavy (non-hydrogen) atoms. The van der Waals surface area contributed by atoms with Gasteiger partial charge in [-0.25, -0.2) is 9.97 Å². The molecule has 0 unspecified atom stereocenters. The fraction of sp³-hybridized carbons (Fsp3) is 0.357. The number of aromatic nitrogens is 2. The molecule has 0 bridgehead atoms. The number of anilines is 1. The van der Waals surface area contributed by atoms with Crippen LogP contribution in [-0.2, 0) is 0 Å². The van der Waals surface area contributed by atoms with E-state index in [2.05, 4.69) is 34.4 Å². The third kappa shape index (κ3) is 4.25. The molecule has 4 nitrogen and oxygen atoms in total. The van der Waals surface area contributed by atoms with Crippen LogP contribution in [0.5, 0.6) is 0 Å². The predicted octanol–water partition coefficient (Wildman–Crippen LogP) is 3.68. The molecule has 0 aliphatic rings. The fourth-order valence-electron chi connectivity index (χ4n) is 1.85. The maximum Gasteiger partial charge on any atom is 0.229 e. The lowest BCUT2D eigenvalue weighted by molar-refractivity contribution is 0.599. The quantitative estimate of drug-likeness (QED) is 0.825. The van der Waals surface area contributed by atoms with Gasteiger partial charge in [0.15, 0.2) is 5.11 Å².